The maximum atomic E-state index is 10.9. The van der Waals surface area contributed by atoms with Crippen LogP contribution in [0.2, 0.25) is 0 Å². The van der Waals surface area contributed by atoms with Gasteiger partial charge in [0, 0.05) is 0 Å². The summed E-state index contributed by atoms with van der Waals surface area (Å²) in [5, 5.41) is 10.9. The standard InChI is InChI=1S/C15H30O/c1-4-6-10-14(3)11-8-9-13-15(14,16)12-7-5-2/h16H,4-13H2,1-3H3. The lowest BCUT2D eigenvalue weighted by Gasteiger charge is -2.49. The van der Waals surface area contributed by atoms with Crippen LogP contribution >= 0.6 is 0 Å². The summed E-state index contributed by atoms with van der Waals surface area (Å²) in [5.74, 6) is 0. The Morgan fingerprint density at radius 1 is 0.938 bits per heavy atom. The van der Waals surface area contributed by atoms with Crippen LogP contribution in [0.1, 0.15) is 85.0 Å². The molecule has 2 atom stereocenters. The average Bonchev–Trinajstić information content (AvgIpc) is 2.28. The van der Waals surface area contributed by atoms with Crippen molar-refractivity contribution in [2.75, 3.05) is 0 Å². The minimum absolute atomic E-state index is 0.191. The Labute approximate surface area is 102 Å². The molecule has 1 N–H and O–H groups in total. The molecular weight excluding hydrogens is 196 g/mol. The van der Waals surface area contributed by atoms with Crippen LogP contribution in [0.3, 0.4) is 0 Å². The van der Waals surface area contributed by atoms with E-state index >= 15 is 0 Å². The lowest BCUT2D eigenvalue weighted by atomic mass is 9.60. The Morgan fingerprint density at radius 3 is 2.12 bits per heavy atom. The first-order valence-corrected chi connectivity index (χ1v) is 7.30. The van der Waals surface area contributed by atoms with Gasteiger partial charge in [0.05, 0.1) is 5.60 Å². The van der Waals surface area contributed by atoms with E-state index in [2.05, 4.69) is 20.8 Å². The Hall–Kier alpha value is -0.0400. The van der Waals surface area contributed by atoms with Crippen LogP contribution in [0, 0.1) is 5.41 Å². The van der Waals surface area contributed by atoms with Gasteiger partial charge in [-0.2, -0.15) is 0 Å². The lowest BCUT2D eigenvalue weighted by Crippen LogP contribution is -2.48. The van der Waals surface area contributed by atoms with Crippen molar-refractivity contribution in [1.82, 2.24) is 0 Å². The van der Waals surface area contributed by atoms with Gasteiger partial charge in [-0.05, 0) is 31.1 Å². The monoisotopic (exact) mass is 226 g/mol. The first-order chi connectivity index (χ1) is 7.58. The normalized spacial score (nSPS) is 35.2. The van der Waals surface area contributed by atoms with Crippen molar-refractivity contribution in [3.05, 3.63) is 0 Å². The molecule has 0 aromatic carbocycles. The fraction of sp³-hybridized carbons (Fsp3) is 1.00. The van der Waals surface area contributed by atoms with Crippen molar-refractivity contribution in [2.45, 2.75) is 90.6 Å². The largest absolute Gasteiger partial charge is 0.389 e. The third-order valence-electron chi connectivity index (χ3n) is 4.72. The molecule has 1 fully saturated rings. The summed E-state index contributed by atoms with van der Waals surface area (Å²) in [6.45, 7) is 6.80. The highest BCUT2D eigenvalue weighted by atomic mass is 16.3. The molecule has 0 spiro atoms. The van der Waals surface area contributed by atoms with E-state index in [1.54, 1.807) is 0 Å². The second-order valence-corrected chi connectivity index (χ2v) is 6.01. The molecule has 0 bridgehead atoms. The molecule has 1 aliphatic carbocycles. The topological polar surface area (TPSA) is 20.2 Å². The van der Waals surface area contributed by atoms with Crippen LogP contribution in [0.5, 0.6) is 0 Å². The highest BCUT2D eigenvalue weighted by molar-refractivity contribution is 4.98. The summed E-state index contributed by atoms with van der Waals surface area (Å²) in [5.41, 5.74) is -0.174. The molecule has 0 aromatic rings. The number of hydrogen-bond acceptors (Lipinski definition) is 1. The zero-order chi connectivity index (χ0) is 12.1. The van der Waals surface area contributed by atoms with Crippen LogP contribution in [-0.4, -0.2) is 10.7 Å². The van der Waals surface area contributed by atoms with E-state index in [1.807, 2.05) is 0 Å². The molecule has 1 saturated carbocycles. The molecule has 0 saturated heterocycles. The summed E-state index contributed by atoms with van der Waals surface area (Å²) in [6, 6.07) is 0. The molecule has 1 nitrogen and oxygen atoms in total. The van der Waals surface area contributed by atoms with Gasteiger partial charge in [0.25, 0.3) is 0 Å². The average molecular weight is 226 g/mol. The molecule has 16 heavy (non-hydrogen) atoms. The van der Waals surface area contributed by atoms with Crippen LogP contribution in [0.25, 0.3) is 0 Å². The molecule has 2 unspecified atom stereocenters. The van der Waals surface area contributed by atoms with Crippen molar-refractivity contribution in [3.8, 4) is 0 Å². The van der Waals surface area contributed by atoms with Gasteiger partial charge in [-0.1, -0.05) is 59.3 Å². The molecule has 0 aromatic heterocycles. The van der Waals surface area contributed by atoms with Crippen LogP contribution in [0.4, 0.5) is 0 Å². The van der Waals surface area contributed by atoms with Gasteiger partial charge < -0.3 is 5.11 Å². The molecule has 0 amide bonds. The Kier molecular flexibility index (Phi) is 5.30. The summed E-state index contributed by atoms with van der Waals surface area (Å²) in [4.78, 5) is 0. The first kappa shape index (κ1) is 14.0. The Bertz CT molecular complexity index is 180. The Morgan fingerprint density at radius 2 is 1.50 bits per heavy atom. The minimum Gasteiger partial charge on any atom is -0.389 e. The zero-order valence-corrected chi connectivity index (χ0v) is 11.5. The second kappa shape index (κ2) is 6.05. The van der Waals surface area contributed by atoms with E-state index in [0.717, 1.165) is 12.8 Å². The van der Waals surface area contributed by atoms with E-state index in [1.165, 1.54) is 51.4 Å². The Balaban J connectivity index is 2.67. The number of rotatable bonds is 6. The fourth-order valence-electron chi connectivity index (χ4n) is 3.29. The van der Waals surface area contributed by atoms with Gasteiger partial charge >= 0.3 is 0 Å². The van der Waals surface area contributed by atoms with Crippen molar-refractivity contribution < 1.29 is 5.11 Å². The molecule has 1 heteroatoms. The van der Waals surface area contributed by atoms with Crippen molar-refractivity contribution in [3.63, 3.8) is 0 Å². The fourth-order valence-corrected chi connectivity index (χ4v) is 3.29. The predicted octanol–water partition coefficient (Wildman–Crippen LogP) is 4.68. The van der Waals surface area contributed by atoms with Crippen molar-refractivity contribution >= 4 is 0 Å². The number of hydrogen-bond donors (Lipinski definition) is 1. The molecule has 1 aliphatic rings. The smallest absolute Gasteiger partial charge is 0.0701 e. The molecule has 0 radical (unpaired) electrons. The van der Waals surface area contributed by atoms with Crippen LogP contribution in [-0.2, 0) is 0 Å². The maximum absolute atomic E-state index is 10.9. The zero-order valence-electron chi connectivity index (χ0n) is 11.5. The summed E-state index contributed by atoms with van der Waals surface area (Å²) in [6.07, 6.45) is 11.9. The molecule has 0 heterocycles. The summed E-state index contributed by atoms with van der Waals surface area (Å²) >= 11 is 0. The van der Waals surface area contributed by atoms with Crippen molar-refractivity contribution in [1.29, 1.82) is 0 Å². The minimum atomic E-state index is -0.365. The lowest BCUT2D eigenvalue weighted by molar-refractivity contribution is -0.117. The van der Waals surface area contributed by atoms with Crippen LogP contribution in [0.15, 0.2) is 0 Å². The third-order valence-corrected chi connectivity index (χ3v) is 4.72. The number of unbranched alkanes of at least 4 members (excludes halogenated alkanes) is 2. The van der Waals surface area contributed by atoms with Gasteiger partial charge in [0.2, 0.25) is 0 Å². The molecule has 96 valence electrons. The van der Waals surface area contributed by atoms with E-state index in [9.17, 15) is 5.11 Å². The van der Waals surface area contributed by atoms with Gasteiger partial charge in [-0.3, -0.25) is 0 Å². The first-order valence-electron chi connectivity index (χ1n) is 7.30. The second-order valence-electron chi connectivity index (χ2n) is 6.01. The SMILES string of the molecule is CCCCC1(C)CCCCC1(O)CCCC. The van der Waals surface area contributed by atoms with E-state index < -0.39 is 0 Å². The predicted molar refractivity (Wildman–Crippen MR) is 70.6 cm³/mol. The van der Waals surface area contributed by atoms with Crippen molar-refractivity contribution in [2.24, 2.45) is 5.41 Å². The quantitative estimate of drug-likeness (QED) is 0.697. The molecule has 1 rings (SSSR count). The van der Waals surface area contributed by atoms with E-state index in [4.69, 9.17) is 0 Å². The highest BCUT2D eigenvalue weighted by Gasteiger charge is 2.46. The van der Waals surface area contributed by atoms with Gasteiger partial charge in [-0.15, -0.1) is 0 Å². The summed E-state index contributed by atoms with van der Waals surface area (Å²) in [7, 11) is 0. The van der Waals surface area contributed by atoms with E-state index in [-0.39, 0.29) is 11.0 Å². The molecular formula is C15H30O. The van der Waals surface area contributed by atoms with Gasteiger partial charge in [-0.25, -0.2) is 0 Å². The van der Waals surface area contributed by atoms with E-state index in [0.29, 0.717) is 0 Å². The maximum Gasteiger partial charge on any atom is 0.0701 e. The third kappa shape index (κ3) is 3.00. The molecule has 0 aliphatic heterocycles. The number of aliphatic hydroxyl groups is 1. The van der Waals surface area contributed by atoms with Gasteiger partial charge in [0.15, 0.2) is 0 Å². The van der Waals surface area contributed by atoms with Gasteiger partial charge in [0.1, 0.15) is 0 Å². The van der Waals surface area contributed by atoms with Crippen LogP contribution < -0.4 is 0 Å². The summed E-state index contributed by atoms with van der Waals surface area (Å²) < 4.78 is 0. The highest BCUT2D eigenvalue weighted by Crippen LogP contribution is 2.49.